The maximum absolute atomic E-state index is 4.40. The number of hydrogen-bond acceptors (Lipinski definition) is 2. The number of benzene rings is 2. The van der Waals surface area contributed by atoms with Crippen LogP contribution in [-0.2, 0) is 6.54 Å². The van der Waals surface area contributed by atoms with Gasteiger partial charge < -0.3 is 0 Å². The zero-order valence-corrected chi connectivity index (χ0v) is 16.3. The molecule has 1 aliphatic rings. The SMILES string of the molecule is C=C(/C(=C/C)SC)C1CCCN(Cc2cccc3ccccc23)CC1. The fourth-order valence-corrected chi connectivity index (χ4v) is 4.63. The molecular formula is C23H29NS. The lowest BCUT2D eigenvalue weighted by atomic mass is 9.92. The largest absolute Gasteiger partial charge is 0.299 e. The highest BCUT2D eigenvalue weighted by atomic mass is 32.2. The number of nitrogens with zero attached hydrogens (tertiary/aromatic N) is 1. The Kier molecular flexibility index (Phi) is 6.39. The highest BCUT2D eigenvalue weighted by molar-refractivity contribution is 8.02. The van der Waals surface area contributed by atoms with Crippen molar-refractivity contribution in [3.63, 3.8) is 0 Å². The molecule has 1 atom stereocenters. The lowest BCUT2D eigenvalue weighted by Crippen LogP contribution is -2.24. The van der Waals surface area contributed by atoms with E-state index < -0.39 is 0 Å². The molecular weight excluding hydrogens is 322 g/mol. The van der Waals surface area contributed by atoms with Crippen LogP contribution in [0.25, 0.3) is 10.8 Å². The summed E-state index contributed by atoms with van der Waals surface area (Å²) < 4.78 is 0. The second-order valence-corrected chi connectivity index (χ2v) is 7.77. The van der Waals surface area contributed by atoms with Gasteiger partial charge in [-0.05, 0) is 73.4 Å². The predicted octanol–water partition coefficient (Wildman–Crippen LogP) is 6.26. The van der Waals surface area contributed by atoms with Gasteiger partial charge in [-0.2, -0.15) is 0 Å². The molecule has 2 aromatic carbocycles. The van der Waals surface area contributed by atoms with Crippen LogP contribution in [0.1, 0.15) is 31.7 Å². The van der Waals surface area contributed by atoms with Crippen LogP contribution >= 0.6 is 11.8 Å². The minimum absolute atomic E-state index is 0.635. The van der Waals surface area contributed by atoms with Crippen LogP contribution in [0.2, 0.25) is 0 Å². The van der Waals surface area contributed by atoms with E-state index in [1.54, 1.807) is 0 Å². The molecule has 0 N–H and O–H groups in total. The van der Waals surface area contributed by atoms with E-state index in [9.17, 15) is 0 Å². The summed E-state index contributed by atoms with van der Waals surface area (Å²) in [4.78, 5) is 4.00. The van der Waals surface area contributed by atoms with Gasteiger partial charge in [0.15, 0.2) is 0 Å². The Hall–Kier alpha value is -1.51. The standard InChI is InChI=1S/C23H29NS/c1-4-23(25-3)18(2)19-12-8-15-24(16-14-19)17-21-11-7-10-20-9-5-6-13-22(20)21/h4-7,9-11,13,19H,2,8,12,14-17H2,1,3H3/b23-4-. The van der Waals surface area contributed by atoms with Gasteiger partial charge >= 0.3 is 0 Å². The van der Waals surface area contributed by atoms with Crippen LogP contribution in [0.15, 0.2) is 65.6 Å². The molecule has 0 amide bonds. The summed E-state index contributed by atoms with van der Waals surface area (Å²) in [5.74, 6) is 0.635. The third kappa shape index (κ3) is 4.37. The molecule has 1 nitrogen and oxygen atoms in total. The van der Waals surface area contributed by atoms with Crippen LogP contribution < -0.4 is 0 Å². The Morgan fingerprint density at radius 1 is 1.16 bits per heavy atom. The third-order valence-corrected chi connectivity index (χ3v) is 6.32. The molecule has 0 spiro atoms. The normalized spacial score (nSPS) is 19.8. The summed E-state index contributed by atoms with van der Waals surface area (Å²) in [6.45, 7) is 9.94. The molecule has 132 valence electrons. The number of likely N-dealkylation sites (tertiary alicyclic amines) is 1. The predicted molar refractivity (Wildman–Crippen MR) is 113 cm³/mol. The quantitative estimate of drug-likeness (QED) is 0.584. The Bertz CT molecular complexity index is 756. The average Bonchev–Trinajstić information content (AvgIpc) is 2.88. The average molecular weight is 352 g/mol. The molecule has 0 aromatic heterocycles. The molecule has 1 unspecified atom stereocenters. The van der Waals surface area contributed by atoms with Crippen molar-refractivity contribution < 1.29 is 0 Å². The highest BCUT2D eigenvalue weighted by Gasteiger charge is 2.21. The molecule has 1 heterocycles. The van der Waals surface area contributed by atoms with E-state index in [4.69, 9.17) is 0 Å². The van der Waals surface area contributed by atoms with Gasteiger partial charge in [-0.25, -0.2) is 0 Å². The summed E-state index contributed by atoms with van der Waals surface area (Å²) in [6.07, 6.45) is 8.12. The second kappa shape index (κ2) is 8.73. The molecule has 1 saturated heterocycles. The third-order valence-electron chi connectivity index (χ3n) is 5.39. The van der Waals surface area contributed by atoms with Gasteiger partial charge in [-0.1, -0.05) is 55.1 Å². The Labute approximate surface area is 156 Å². The first-order valence-electron chi connectivity index (χ1n) is 9.31. The number of hydrogen-bond donors (Lipinski definition) is 0. The molecule has 2 aromatic rings. The molecule has 0 bridgehead atoms. The number of rotatable bonds is 5. The van der Waals surface area contributed by atoms with Gasteiger partial charge in [-0.3, -0.25) is 4.90 Å². The van der Waals surface area contributed by atoms with Crippen molar-refractivity contribution in [2.24, 2.45) is 5.92 Å². The van der Waals surface area contributed by atoms with Gasteiger partial charge in [0.1, 0.15) is 0 Å². The minimum atomic E-state index is 0.635. The van der Waals surface area contributed by atoms with Gasteiger partial charge in [0.25, 0.3) is 0 Å². The maximum atomic E-state index is 4.40. The van der Waals surface area contributed by atoms with E-state index in [2.05, 4.69) is 73.2 Å². The minimum Gasteiger partial charge on any atom is -0.299 e. The molecule has 25 heavy (non-hydrogen) atoms. The summed E-state index contributed by atoms with van der Waals surface area (Å²) in [5.41, 5.74) is 2.80. The highest BCUT2D eigenvalue weighted by Crippen LogP contribution is 2.33. The zero-order valence-electron chi connectivity index (χ0n) is 15.5. The van der Waals surface area contributed by atoms with E-state index in [-0.39, 0.29) is 0 Å². The van der Waals surface area contributed by atoms with Crippen molar-refractivity contribution in [2.45, 2.75) is 32.7 Å². The maximum Gasteiger partial charge on any atom is 0.0239 e. The van der Waals surface area contributed by atoms with Gasteiger partial charge in [-0.15, -0.1) is 11.8 Å². The lowest BCUT2D eigenvalue weighted by molar-refractivity contribution is 0.275. The van der Waals surface area contributed by atoms with Crippen molar-refractivity contribution in [3.05, 3.63) is 71.2 Å². The van der Waals surface area contributed by atoms with Crippen LogP contribution in [0.4, 0.5) is 0 Å². The second-order valence-electron chi connectivity index (χ2n) is 6.92. The van der Waals surface area contributed by atoms with Crippen molar-refractivity contribution >= 4 is 22.5 Å². The topological polar surface area (TPSA) is 3.24 Å². The molecule has 1 aliphatic heterocycles. The fraction of sp³-hybridized carbons (Fsp3) is 0.391. The first-order chi connectivity index (χ1) is 12.2. The van der Waals surface area contributed by atoms with E-state index in [0.717, 1.165) is 13.1 Å². The van der Waals surface area contributed by atoms with E-state index in [1.807, 2.05) is 11.8 Å². The van der Waals surface area contributed by atoms with E-state index >= 15 is 0 Å². The van der Waals surface area contributed by atoms with Gasteiger partial charge in [0.05, 0.1) is 0 Å². The van der Waals surface area contributed by atoms with E-state index in [1.165, 1.54) is 52.6 Å². The monoisotopic (exact) mass is 351 g/mol. The lowest BCUT2D eigenvalue weighted by Gasteiger charge is -2.22. The molecule has 0 saturated carbocycles. The summed E-state index contributed by atoms with van der Waals surface area (Å²) in [7, 11) is 0. The van der Waals surface area contributed by atoms with Crippen LogP contribution in [0.5, 0.6) is 0 Å². The Morgan fingerprint density at radius 2 is 1.96 bits per heavy atom. The van der Waals surface area contributed by atoms with Crippen molar-refractivity contribution in [1.82, 2.24) is 4.90 Å². The fourth-order valence-electron chi connectivity index (χ4n) is 3.97. The van der Waals surface area contributed by atoms with Gasteiger partial charge in [0.2, 0.25) is 0 Å². The summed E-state index contributed by atoms with van der Waals surface area (Å²) in [5, 5.41) is 2.74. The number of allylic oxidation sites excluding steroid dienone is 2. The summed E-state index contributed by atoms with van der Waals surface area (Å²) in [6, 6.07) is 15.4. The first kappa shape index (κ1) is 18.3. The van der Waals surface area contributed by atoms with Crippen molar-refractivity contribution in [3.8, 4) is 0 Å². The summed E-state index contributed by atoms with van der Waals surface area (Å²) >= 11 is 1.83. The molecule has 0 aliphatic carbocycles. The van der Waals surface area contributed by atoms with E-state index in [0.29, 0.717) is 5.92 Å². The number of fused-ring (bicyclic) bond motifs is 1. The van der Waals surface area contributed by atoms with Crippen molar-refractivity contribution in [2.75, 3.05) is 19.3 Å². The zero-order chi connectivity index (χ0) is 17.6. The molecule has 3 rings (SSSR count). The Morgan fingerprint density at radius 3 is 2.76 bits per heavy atom. The van der Waals surface area contributed by atoms with Crippen LogP contribution in [0, 0.1) is 5.92 Å². The van der Waals surface area contributed by atoms with Gasteiger partial charge in [0, 0.05) is 11.4 Å². The molecule has 0 radical (unpaired) electrons. The molecule has 1 fully saturated rings. The molecule has 2 heteroatoms. The van der Waals surface area contributed by atoms with Crippen LogP contribution in [-0.4, -0.2) is 24.2 Å². The van der Waals surface area contributed by atoms with Crippen LogP contribution in [0.3, 0.4) is 0 Å². The Balaban J connectivity index is 1.68. The smallest absolute Gasteiger partial charge is 0.0239 e. The number of thioether (sulfide) groups is 1. The first-order valence-corrected chi connectivity index (χ1v) is 10.5. The van der Waals surface area contributed by atoms with Crippen molar-refractivity contribution in [1.29, 1.82) is 0 Å².